The number of hydrogen-bond acceptors (Lipinski definition) is 4. The van der Waals surface area contributed by atoms with Gasteiger partial charge in [0.2, 0.25) is 5.91 Å². The van der Waals surface area contributed by atoms with Crippen molar-refractivity contribution < 1.29 is 9.53 Å². The summed E-state index contributed by atoms with van der Waals surface area (Å²) in [6, 6.07) is 0. The van der Waals surface area contributed by atoms with Gasteiger partial charge in [0.1, 0.15) is 0 Å². The molecule has 0 spiro atoms. The first-order chi connectivity index (χ1) is 6.72. The van der Waals surface area contributed by atoms with E-state index in [-0.39, 0.29) is 5.91 Å². The lowest BCUT2D eigenvalue weighted by atomic mass is 10.1. The smallest absolute Gasteiger partial charge is 0.231 e. The van der Waals surface area contributed by atoms with Crippen LogP contribution in [0.2, 0.25) is 0 Å². The van der Waals surface area contributed by atoms with Crippen LogP contribution in [0.25, 0.3) is 0 Å². The summed E-state index contributed by atoms with van der Waals surface area (Å²) in [5.41, 5.74) is 10.5. The van der Waals surface area contributed by atoms with E-state index in [0.29, 0.717) is 25.8 Å². The van der Waals surface area contributed by atoms with Crippen molar-refractivity contribution in [1.29, 1.82) is 0 Å². The fourth-order valence-electron chi connectivity index (χ4n) is 1.69. The Morgan fingerprint density at radius 1 is 1.43 bits per heavy atom. The maximum absolute atomic E-state index is 10.7. The van der Waals surface area contributed by atoms with Crippen LogP contribution in [0.15, 0.2) is 0 Å². The zero-order valence-electron chi connectivity index (χ0n) is 8.45. The van der Waals surface area contributed by atoms with Gasteiger partial charge in [0.15, 0.2) is 0 Å². The molecule has 1 aliphatic heterocycles. The highest BCUT2D eigenvalue weighted by Crippen LogP contribution is 2.12. The molecule has 1 heterocycles. The van der Waals surface area contributed by atoms with Crippen molar-refractivity contribution in [2.45, 2.75) is 18.9 Å². The molecular formula is C9H19N3O2. The van der Waals surface area contributed by atoms with Crippen LogP contribution in [0.5, 0.6) is 0 Å². The molecule has 1 amide bonds. The number of hydrogen-bond donors (Lipinski definition) is 2. The van der Waals surface area contributed by atoms with E-state index in [9.17, 15) is 4.79 Å². The van der Waals surface area contributed by atoms with E-state index in [1.807, 2.05) is 0 Å². The van der Waals surface area contributed by atoms with E-state index >= 15 is 0 Å². The second-order valence-corrected chi connectivity index (χ2v) is 3.60. The van der Waals surface area contributed by atoms with Gasteiger partial charge in [-0.05, 0) is 12.8 Å². The zero-order chi connectivity index (χ0) is 10.4. The quantitative estimate of drug-likeness (QED) is 0.592. The van der Waals surface area contributed by atoms with Crippen molar-refractivity contribution in [3.8, 4) is 0 Å². The highest BCUT2D eigenvalue weighted by atomic mass is 16.5. The Hall–Kier alpha value is -0.650. The average Bonchev–Trinajstić information content (AvgIpc) is 2.16. The van der Waals surface area contributed by atoms with E-state index in [2.05, 4.69) is 4.90 Å². The summed E-state index contributed by atoms with van der Waals surface area (Å²) in [6.07, 6.45) is 2.24. The Kier molecular flexibility index (Phi) is 4.86. The number of ether oxygens (including phenoxy) is 1. The van der Waals surface area contributed by atoms with Crippen LogP contribution in [0.3, 0.4) is 0 Å². The molecule has 14 heavy (non-hydrogen) atoms. The van der Waals surface area contributed by atoms with Crippen LogP contribution in [0.4, 0.5) is 0 Å². The molecule has 0 unspecified atom stereocenters. The van der Waals surface area contributed by atoms with E-state index in [1.165, 1.54) is 0 Å². The third-order valence-corrected chi connectivity index (χ3v) is 2.39. The summed E-state index contributed by atoms with van der Waals surface area (Å²) in [5.74, 6) is -0.258. The first kappa shape index (κ1) is 11.4. The number of carbonyl (C=O) groups excluding carboxylic acids is 1. The Morgan fingerprint density at radius 2 is 2.07 bits per heavy atom. The maximum Gasteiger partial charge on any atom is 0.231 e. The molecule has 0 atom stereocenters. The van der Waals surface area contributed by atoms with Gasteiger partial charge in [0.05, 0.1) is 19.3 Å². The van der Waals surface area contributed by atoms with Gasteiger partial charge < -0.3 is 16.2 Å². The average molecular weight is 201 g/mol. The number of rotatable bonds is 5. The molecule has 0 radical (unpaired) electrons. The highest BCUT2D eigenvalue weighted by Gasteiger charge is 2.19. The molecule has 0 aromatic rings. The lowest BCUT2D eigenvalue weighted by molar-refractivity contribution is -0.119. The van der Waals surface area contributed by atoms with Gasteiger partial charge in [0.25, 0.3) is 0 Å². The predicted molar refractivity (Wildman–Crippen MR) is 53.7 cm³/mol. The first-order valence-electron chi connectivity index (χ1n) is 5.04. The van der Waals surface area contributed by atoms with Crippen LogP contribution in [0, 0.1) is 0 Å². The van der Waals surface area contributed by atoms with Crippen LogP contribution in [0.1, 0.15) is 12.8 Å². The normalized spacial score (nSPS) is 19.8. The van der Waals surface area contributed by atoms with E-state index < -0.39 is 0 Å². The van der Waals surface area contributed by atoms with Crippen LogP contribution >= 0.6 is 0 Å². The van der Waals surface area contributed by atoms with Gasteiger partial charge in [-0.25, -0.2) is 0 Å². The maximum atomic E-state index is 10.7. The molecule has 5 heteroatoms. The molecule has 0 saturated carbocycles. The number of nitrogens with zero attached hydrogens (tertiary/aromatic N) is 1. The second kappa shape index (κ2) is 5.95. The number of amides is 1. The van der Waals surface area contributed by atoms with Gasteiger partial charge in [-0.3, -0.25) is 9.69 Å². The highest BCUT2D eigenvalue weighted by molar-refractivity contribution is 5.75. The zero-order valence-corrected chi connectivity index (χ0v) is 8.45. The van der Waals surface area contributed by atoms with Crippen molar-refractivity contribution in [1.82, 2.24) is 4.90 Å². The van der Waals surface area contributed by atoms with E-state index in [4.69, 9.17) is 16.2 Å². The Morgan fingerprint density at radius 3 is 2.57 bits per heavy atom. The second-order valence-electron chi connectivity index (χ2n) is 3.60. The lowest BCUT2D eigenvalue weighted by Crippen LogP contribution is -2.41. The summed E-state index contributed by atoms with van der Waals surface area (Å²) in [6.45, 7) is 3.34. The summed E-state index contributed by atoms with van der Waals surface area (Å²) in [5, 5.41) is 0. The molecule has 4 N–H and O–H groups in total. The SMILES string of the molecule is NCCOC1CCN(CC(N)=O)CC1. The van der Waals surface area contributed by atoms with Gasteiger partial charge in [-0.1, -0.05) is 0 Å². The fraction of sp³-hybridized carbons (Fsp3) is 0.889. The standard InChI is InChI=1S/C9H19N3O2/c10-3-6-14-8-1-4-12(5-2-8)7-9(11)13/h8H,1-7,10H2,(H2,11,13). The minimum absolute atomic E-state index is 0.258. The lowest BCUT2D eigenvalue weighted by Gasteiger charge is -2.30. The largest absolute Gasteiger partial charge is 0.377 e. The minimum Gasteiger partial charge on any atom is -0.377 e. The summed E-state index contributed by atoms with van der Waals surface area (Å²) >= 11 is 0. The summed E-state index contributed by atoms with van der Waals surface area (Å²) < 4.78 is 5.52. The minimum atomic E-state index is -0.258. The van der Waals surface area contributed by atoms with Crippen molar-refractivity contribution in [3.63, 3.8) is 0 Å². The van der Waals surface area contributed by atoms with Crippen molar-refractivity contribution in [2.24, 2.45) is 11.5 Å². The molecule has 82 valence electrons. The molecule has 0 aliphatic carbocycles. The number of nitrogens with two attached hydrogens (primary N) is 2. The molecule has 1 saturated heterocycles. The third kappa shape index (κ3) is 4.04. The summed E-state index contributed by atoms with van der Waals surface area (Å²) in [4.78, 5) is 12.7. The van der Waals surface area contributed by atoms with Crippen molar-refractivity contribution in [2.75, 3.05) is 32.8 Å². The Bertz CT molecular complexity index is 179. The van der Waals surface area contributed by atoms with Crippen molar-refractivity contribution in [3.05, 3.63) is 0 Å². The first-order valence-corrected chi connectivity index (χ1v) is 5.04. The van der Waals surface area contributed by atoms with Crippen molar-refractivity contribution >= 4 is 5.91 Å². The molecule has 0 bridgehead atoms. The van der Waals surface area contributed by atoms with E-state index in [1.54, 1.807) is 0 Å². The van der Waals surface area contributed by atoms with E-state index in [0.717, 1.165) is 25.9 Å². The van der Waals surface area contributed by atoms with Gasteiger partial charge >= 0.3 is 0 Å². The van der Waals surface area contributed by atoms with Gasteiger partial charge in [-0.15, -0.1) is 0 Å². The molecule has 0 aromatic carbocycles. The molecule has 1 fully saturated rings. The Labute approximate surface area is 84.4 Å². The number of piperidine rings is 1. The topological polar surface area (TPSA) is 81.6 Å². The van der Waals surface area contributed by atoms with Crippen LogP contribution in [-0.4, -0.2) is 49.7 Å². The number of primary amides is 1. The monoisotopic (exact) mass is 201 g/mol. The molecule has 1 aliphatic rings. The van der Waals surface area contributed by atoms with Crippen LogP contribution < -0.4 is 11.5 Å². The Balaban J connectivity index is 2.14. The third-order valence-electron chi connectivity index (χ3n) is 2.39. The molecule has 1 rings (SSSR count). The number of likely N-dealkylation sites (tertiary alicyclic amines) is 1. The van der Waals surface area contributed by atoms with Gasteiger partial charge in [-0.2, -0.15) is 0 Å². The van der Waals surface area contributed by atoms with Crippen LogP contribution in [-0.2, 0) is 9.53 Å². The summed E-state index contributed by atoms with van der Waals surface area (Å²) in [7, 11) is 0. The molecule has 0 aromatic heterocycles. The molecule has 5 nitrogen and oxygen atoms in total. The molecular weight excluding hydrogens is 182 g/mol. The van der Waals surface area contributed by atoms with Gasteiger partial charge in [0, 0.05) is 19.6 Å². The predicted octanol–water partition coefficient (Wildman–Crippen LogP) is -1.09. The number of carbonyl (C=O) groups is 1. The fourth-order valence-corrected chi connectivity index (χ4v) is 1.69.